The van der Waals surface area contributed by atoms with Crippen molar-refractivity contribution in [3.63, 3.8) is 0 Å². The van der Waals surface area contributed by atoms with Crippen molar-refractivity contribution in [3.05, 3.63) is 0 Å². The van der Waals surface area contributed by atoms with Crippen molar-refractivity contribution in [2.24, 2.45) is 23.7 Å². The molecule has 19 heteroatoms. The number of aliphatic hydroxyl groups is 1. The number of aliphatic hydroxyl groups excluding tert-OH is 1. The summed E-state index contributed by atoms with van der Waals surface area (Å²) < 4.78 is 68.4. The number of ether oxygens (including phenoxy) is 4. The van der Waals surface area contributed by atoms with Crippen LogP contribution < -0.4 is 0 Å². The van der Waals surface area contributed by atoms with Gasteiger partial charge in [0.25, 0.3) is 0 Å². The number of phosphoric ester groups is 2. The van der Waals surface area contributed by atoms with Crippen LogP contribution in [-0.4, -0.2) is 96.7 Å². The van der Waals surface area contributed by atoms with Gasteiger partial charge in [-0.1, -0.05) is 312 Å². The fraction of sp³-hybridized carbons (Fsp3) is 0.945. The molecule has 0 heterocycles. The molecule has 0 aromatic heterocycles. The first-order valence-electron chi connectivity index (χ1n) is 37.7. The summed E-state index contributed by atoms with van der Waals surface area (Å²) in [6, 6.07) is 0. The Labute approximate surface area is 562 Å². The zero-order valence-corrected chi connectivity index (χ0v) is 62.0. The van der Waals surface area contributed by atoms with E-state index in [2.05, 4.69) is 55.4 Å². The molecule has 0 aliphatic heterocycles. The second-order valence-corrected chi connectivity index (χ2v) is 31.1. The van der Waals surface area contributed by atoms with Crippen molar-refractivity contribution < 1.29 is 80.2 Å². The van der Waals surface area contributed by atoms with Crippen LogP contribution in [-0.2, 0) is 65.4 Å². The highest BCUT2D eigenvalue weighted by molar-refractivity contribution is 7.47. The van der Waals surface area contributed by atoms with Crippen LogP contribution in [0.2, 0.25) is 0 Å². The maximum absolute atomic E-state index is 13.1. The predicted molar refractivity (Wildman–Crippen MR) is 372 cm³/mol. The molecule has 0 aromatic carbocycles. The van der Waals surface area contributed by atoms with Gasteiger partial charge in [0.1, 0.15) is 19.3 Å². The molecule has 17 nitrogen and oxygen atoms in total. The maximum Gasteiger partial charge on any atom is 0.472 e. The zero-order chi connectivity index (χ0) is 68.2. The Kier molecular flexibility index (Phi) is 61.3. The van der Waals surface area contributed by atoms with Crippen molar-refractivity contribution in [1.29, 1.82) is 0 Å². The predicted octanol–water partition coefficient (Wildman–Crippen LogP) is 20.9. The average molecular weight is 1350 g/mol. The topological polar surface area (TPSA) is 237 Å². The van der Waals surface area contributed by atoms with Gasteiger partial charge in [-0.05, 0) is 49.4 Å². The Balaban J connectivity index is 5.25. The lowest BCUT2D eigenvalue weighted by Crippen LogP contribution is -2.30. The molecule has 0 saturated heterocycles. The smallest absolute Gasteiger partial charge is 0.462 e. The summed E-state index contributed by atoms with van der Waals surface area (Å²) in [5.74, 6) is 0.876. The summed E-state index contributed by atoms with van der Waals surface area (Å²) in [5, 5.41) is 10.6. The lowest BCUT2D eigenvalue weighted by Gasteiger charge is -2.21. The standard InChI is InChI=1S/C73H142O17P2/c1-63(2)49-41-33-25-17-13-11-9-10-12-14-20-31-39-47-55-72(77)89-68(59-83-70(75)53-45-37-29-21-15-18-26-34-42-50-64(3)4)61-87-91(79,80)85-57-67(74)58-86-92(81,82)88-62-69(60-84-71(76)54-46-38-30-24-23-28-36-44-52-66(7)8)90-73(78)56-48-40-32-22-16-19-27-35-43-51-65(5)6/h63-69,74H,9-62H2,1-8H3,(H,79,80)(H,81,82)/t67?,68-,69-/m1/s1. The largest absolute Gasteiger partial charge is 0.472 e. The third-order valence-electron chi connectivity index (χ3n) is 16.8. The van der Waals surface area contributed by atoms with Gasteiger partial charge in [0.15, 0.2) is 12.2 Å². The molecular formula is C73H142O17P2. The minimum absolute atomic E-state index is 0.104. The van der Waals surface area contributed by atoms with E-state index < -0.39 is 97.5 Å². The van der Waals surface area contributed by atoms with Crippen molar-refractivity contribution in [2.75, 3.05) is 39.6 Å². The quantitative estimate of drug-likeness (QED) is 0.0222. The van der Waals surface area contributed by atoms with E-state index in [4.69, 9.17) is 37.0 Å². The summed E-state index contributed by atoms with van der Waals surface area (Å²) >= 11 is 0. The molecule has 0 bridgehead atoms. The highest BCUT2D eigenvalue weighted by Gasteiger charge is 2.30. The fourth-order valence-electron chi connectivity index (χ4n) is 11.0. The number of esters is 4. The second kappa shape index (κ2) is 62.6. The molecule has 0 rings (SSSR count). The van der Waals surface area contributed by atoms with Crippen molar-refractivity contribution >= 4 is 39.5 Å². The van der Waals surface area contributed by atoms with Crippen LogP contribution in [0.15, 0.2) is 0 Å². The third-order valence-corrected chi connectivity index (χ3v) is 18.7. The molecule has 0 saturated carbocycles. The number of phosphoric acid groups is 2. The van der Waals surface area contributed by atoms with Crippen LogP contribution in [0.25, 0.3) is 0 Å². The first-order valence-corrected chi connectivity index (χ1v) is 40.7. The van der Waals surface area contributed by atoms with Crippen LogP contribution in [0.4, 0.5) is 0 Å². The molecule has 0 amide bonds. The fourth-order valence-corrected chi connectivity index (χ4v) is 12.6. The molecule has 546 valence electrons. The Morgan fingerprint density at radius 3 is 0.674 bits per heavy atom. The van der Waals surface area contributed by atoms with Crippen LogP contribution in [0.3, 0.4) is 0 Å². The number of rotatable bonds is 70. The van der Waals surface area contributed by atoms with E-state index in [9.17, 15) is 43.2 Å². The number of hydrogen-bond acceptors (Lipinski definition) is 15. The van der Waals surface area contributed by atoms with Gasteiger partial charge in [-0.2, -0.15) is 0 Å². The van der Waals surface area contributed by atoms with Gasteiger partial charge >= 0.3 is 39.5 Å². The number of carbonyl (C=O) groups excluding carboxylic acids is 4. The summed E-state index contributed by atoms with van der Waals surface area (Å²) in [7, 11) is -9.91. The first-order chi connectivity index (χ1) is 44.1. The van der Waals surface area contributed by atoms with Crippen molar-refractivity contribution in [1.82, 2.24) is 0 Å². The van der Waals surface area contributed by atoms with E-state index in [0.717, 1.165) is 114 Å². The highest BCUT2D eigenvalue weighted by atomic mass is 31.2. The molecule has 0 aromatic rings. The van der Waals surface area contributed by atoms with E-state index in [1.54, 1.807) is 0 Å². The second-order valence-electron chi connectivity index (χ2n) is 28.2. The van der Waals surface area contributed by atoms with Gasteiger partial charge in [0.2, 0.25) is 0 Å². The van der Waals surface area contributed by atoms with Gasteiger partial charge in [-0.3, -0.25) is 37.3 Å². The minimum Gasteiger partial charge on any atom is -0.462 e. The molecule has 92 heavy (non-hydrogen) atoms. The SMILES string of the molecule is CC(C)CCCCCCCCCCCCCCCCC(=O)O[C@H](COC(=O)CCCCCCCCCCCC(C)C)COP(=O)(O)OCC(O)COP(=O)(O)OC[C@@H](COC(=O)CCCCCCCCCCC(C)C)OC(=O)CCCCCCCCCCCC(C)C. The summed E-state index contributed by atoms with van der Waals surface area (Å²) in [6.45, 7) is 14.1. The van der Waals surface area contributed by atoms with E-state index >= 15 is 0 Å². The van der Waals surface area contributed by atoms with Crippen molar-refractivity contribution in [3.8, 4) is 0 Å². The normalized spacial score (nSPS) is 14.2. The van der Waals surface area contributed by atoms with Crippen LogP contribution in [0, 0.1) is 23.7 Å². The van der Waals surface area contributed by atoms with Gasteiger partial charge in [-0.15, -0.1) is 0 Å². The molecular weight excluding hydrogens is 1210 g/mol. The van der Waals surface area contributed by atoms with Gasteiger partial charge in [0.05, 0.1) is 26.4 Å². The van der Waals surface area contributed by atoms with Crippen LogP contribution >= 0.6 is 15.6 Å². The van der Waals surface area contributed by atoms with E-state index in [-0.39, 0.29) is 25.7 Å². The molecule has 0 fully saturated rings. The van der Waals surface area contributed by atoms with Crippen LogP contribution in [0.5, 0.6) is 0 Å². The molecule has 0 aliphatic carbocycles. The molecule has 0 aliphatic rings. The Morgan fingerprint density at radius 2 is 0.457 bits per heavy atom. The highest BCUT2D eigenvalue weighted by Crippen LogP contribution is 2.45. The number of carbonyl (C=O) groups is 4. The maximum atomic E-state index is 13.1. The molecule has 5 atom stereocenters. The lowest BCUT2D eigenvalue weighted by atomic mass is 10.0. The monoisotopic (exact) mass is 1350 g/mol. The molecule has 3 N–H and O–H groups in total. The van der Waals surface area contributed by atoms with Crippen LogP contribution in [0.1, 0.15) is 364 Å². The molecule has 0 radical (unpaired) electrons. The third kappa shape index (κ3) is 66.7. The van der Waals surface area contributed by atoms with Gasteiger partial charge in [0, 0.05) is 25.7 Å². The Hall–Kier alpha value is -1.94. The van der Waals surface area contributed by atoms with E-state index in [0.29, 0.717) is 25.7 Å². The molecule has 0 spiro atoms. The molecule has 3 unspecified atom stereocenters. The van der Waals surface area contributed by atoms with Crippen molar-refractivity contribution in [2.45, 2.75) is 382 Å². The summed E-state index contributed by atoms with van der Waals surface area (Å²) in [5.41, 5.74) is 0. The average Bonchev–Trinajstić information content (AvgIpc) is 3.18. The number of unbranched alkanes of at least 4 members (excludes halogenated alkanes) is 36. The number of hydrogen-bond donors (Lipinski definition) is 3. The summed E-state index contributed by atoms with van der Waals surface area (Å²) in [4.78, 5) is 72.7. The van der Waals surface area contributed by atoms with Gasteiger partial charge in [-0.25, -0.2) is 9.13 Å². The van der Waals surface area contributed by atoms with E-state index in [1.165, 1.54) is 167 Å². The zero-order valence-electron chi connectivity index (χ0n) is 60.2. The minimum atomic E-state index is -4.96. The summed E-state index contributed by atoms with van der Waals surface area (Å²) in [6.07, 6.45) is 45.8. The lowest BCUT2D eigenvalue weighted by molar-refractivity contribution is -0.161. The Morgan fingerprint density at radius 1 is 0.272 bits per heavy atom. The van der Waals surface area contributed by atoms with E-state index in [1.807, 2.05) is 0 Å². The van der Waals surface area contributed by atoms with Gasteiger partial charge < -0.3 is 33.8 Å². The first kappa shape index (κ1) is 90.1. The Bertz CT molecular complexity index is 1820.